The van der Waals surface area contributed by atoms with Gasteiger partial charge < -0.3 is 4.90 Å². The highest BCUT2D eigenvalue weighted by Gasteiger charge is 2.07. The molecule has 3 nitrogen and oxygen atoms in total. The number of nitrogens with zero attached hydrogens (tertiary/aromatic N) is 1. The second-order valence-electron chi connectivity index (χ2n) is 4.47. The second-order valence-corrected chi connectivity index (χ2v) is 4.47. The number of carbonyl (C=O) groups is 2. The first-order valence-electron chi connectivity index (χ1n) is 6.21. The van der Waals surface area contributed by atoms with Crippen molar-refractivity contribution in [3.05, 3.63) is 0 Å². The molecule has 0 aromatic heterocycles. The van der Waals surface area contributed by atoms with E-state index in [2.05, 4.69) is 11.8 Å². The molecule has 0 unspecified atom stereocenters. The summed E-state index contributed by atoms with van der Waals surface area (Å²) in [6.45, 7) is 6.35. The fourth-order valence-electron chi connectivity index (χ4n) is 1.26. The van der Waals surface area contributed by atoms with Crippen molar-refractivity contribution in [3.8, 4) is 11.8 Å². The third kappa shape index (κ3) is 8.50. The van der Waals surface area contributed by atoms with E-state index in [0.717, 1.165) is 0 Å². The Morgan fingerprint density at radius 3 is 2.41 bits per heavy atom. The molecular formula is C14H23NO2. The zero-order chi connectivity index (χ0) is 13.3. The lowest BCUT2D eigenvalue weighted by atomic mass is 10.1. The van der Waals surface area contributed by atoms with Crippen molar-refractivity contribution < 1.29 is 9.59 Å². The molecule has 0 heterocycles. The van der Waals surface area contributed by atoms with E-state index in [1.54, 1.807) is 11.9 Å². The maximum atomic E-state index is 11.6. The normalized spacial score (nSPS) is 9.71. The van der Waals surface area contributed by atoms with E-state index in [1.807, 2.05) is 20.8 Å². The highest BCUT2D eigenvalue weighted by atomic mass is 16.2. The SMILES string of the molecule is CCC(=O)CCCC(=O)N(C)CC#CC(C)C. The van der Waals surface area contributed by atoms with Gasteiger partial charge in [0.15, 0.2) is 0 Å². The van der Waals surface area contributed by atoms with Gasteiger partial charge in [-0.15, -0.1) is 0 Å². The third-order valence-electron chi connectivity index (χ3n) is 2.37. The largest absolute Gasteiger partial charge is 0.335 e. The summed E-state index contributed by atoms with van der Waals surface area (Å²) in [5.41, 5.74) is 0. The van der Waals surface area contributed by atoms with Gasteiger partial charge in [0.1, 0.15) is 5.78 Å². The summed E-state index contributed by atoms with van der Waals surface area (Å²) >= 11 is 0. The highest BCUT2D eigenvalue weighted by Crippen LogP contribution is 2.01. The predicted molar refractivity (Wildman–Crippen MR) is 69.4 cm³/mol. The van der Waals surface area contributed by atoms with Gasteiger partial charge in [-0.1, -0.05) is 32.6 Å². The number of carbonyl (C=O) groups excluding carboxylic acids is 2. The Bertz CT molecular complexity index is 310. The number of hydrogen-bond acceptors (Lipinski definition) is 2. The number of Topliss-reactive ketones (excluding diaryl/α,β-unsaturated/α-hetero) is 1. The smallest absolute Gasteiger partial charge is 0.223 e. The molecule has 0 fully saturated rings. The molecule has 1 amide bonds. The summed E-state index contributed by atoms with van der Waals surface area (Å²) < 4.78 is 0. The van der Waals surface area contributed by atoms with Gasteiger partial charge in [0, 0.05) is 32.2 Å². The zero-order valence-electron chi connectivity index (χ0n) is 11.4. The molecule has 96 valence electrons. The summed E-state index contributed by atoms with van der Waals surface area (Å²) in [4.78, 5) is 24.3. The third-order valence-corrected chi connectivity index (χ3v) is 2.37. The first kappa shape index (κ1) is 15.7. The first-order valence-corrected chi connectivity index (χ1v) is 6.21. The van der Waals surface area contributed by atoms with Gasteiger partial charge in [-0.3, -0.25) is 9.59 Å². The second kappa shape index (κ2) is 8.81. The molecular weight excluding hydrogens is 214 g/mol. The van der Waals surface area contributed by atoms with Crippen LogP contribution in [0.15, 0.2) is 0 Å². The molecule has 0 spiro atoms. The molecule has 17 heavy (non-hydrogen) atoms. The molecule has 0 bridgehead atoms. The topological polar surface area (TPSA) is 37.4 Å². The molecule has 0 aromatic rings. The van der Waals surface area contributed by atoms with E-state index >= 15 is 0 Å². The predicted octanol–water partition coefficient (Wildman–Crippen LogP) is 2.25. The molecule has 0 saturated heterocycles. The van der Waals surface area contributed by atoms with Crippen LogP contribution in [0.4, 0.5) is 0 Å². The van der Waals surface area contributed by atoms with Crippen LogP contribution in [0, 0.1) is 17.8 Å². The van der Waals surface area contributed by atoms with Crippen molar-refractivity contribution in [2.45, 2.75) is 46.5 Å². The molecule has 0 atom stereocenters. The molecule has 0 rings (SSSR count). The molecule has 0 N–H and O–H groups in total. The lowest BCUT2D eigenvalue weighted by Crippen LogP contribution is -2.26. The minimum atomic E-state index is 0.0620. The van der Waals surface area contributed by atoms with Crippen LogP contribution >= 0.6 is 0 Å². The molecule has 0 radical (unpaired) electrons. The van der Waals surface area contributed by atoms with Crippen molar-refractivity contribution in [3.63, 3.8) is 0 Å². The average Bonchev–Trinajstić information content (AvgIpc) is 2.27. The minimum Gasteiger partial charge on any atom is -0.335 e. The van der Waals surface area contributed by atoms with E-state index in [9.17, 15) is 9.59 Å². The van der Waals surface area contributed by atoms with Gasteiger partial charge in [-0.05, 0) is 6.42 Å². The maximum Gasteiger partial charge on any atom is 0.223 e. The van der Waals surface area contributed by atoms with Gasteiger partial charge in [0.05, 0.1) is 6.54 Å². The average molecular weight is 237 g/mol. The number of ketones is 1. The van der Waals surface area contributed by atoms with E-state index in [4.69, 9.17) is 0 Å². The van der Waals surface area contributed by atoms with Crippen LogP contribution in [0.2, 0.25) is 0 Å². The first-order chi connectivity index (χ1) is 7.97. The summed E-state index contributed by atoms with van der Waals surface area (Å²) in [5, 5.41) is 0. The summed E-state index contributed by atoms with van der Waals surface area (Å²) in [7, 11) is 1.75. The maximum absolute atomic E-state index is 11.6. The van der Waals surface area contributed by atoms with Gasteiger partial charge in [0.25, 0.3) is 0 Å². The minimum absolute atomic E-state index is 0.0620. The monoisotopic (exact) mass is 237 g/mol. The Kier molecular flexibility index (Phi) is 8.13. The Morgan fingerprint density at radius 2 is 1.88 bits per heavy atom. The molecule has 3 heteroatoms. The van der Waals surface area contributed by atoms with Crippen molar-refractivity contribution in [1.29, 1.82) is 0 Å². The van der Waals surface area contributed by atoms with Crippen molar-refractivity contribution >= 4 is 11.7 Å². The summed E-state index contributed by atoms with van der Waals surface area (Å²) in [6.07, 6.45) is 2.15. The van der Waals surface area contributed by atoms with Gasteiger partial charge in [0.2, 0.25) is 5.91 Å². The van der Waals surface area contributed by atoms with Crippen LogP contribution in [0.25, 0.3) is 0 Å². The van der Waals surface area contributed by atoms with E-state index < -0.39 is 0 Å². The lowest BCUT2D eigenvalue weighted by molar-refractivity contribution is -0.129. The number of rotatable bonds is 6. The van der Waals surface area contributed by atoms with Crippen LogP contribution in [-0.2, 0) is 9.59 Å². The Hall–Kier alpha value is -1.30. The molecule has 0 aliphatic rings. The molecule has 0 aliphatic carbocycles. The standard InChI is InChI=1S/C14H23NO2/c1-5-13(16)9-6-10-14(17)15(4)11-7-8-12(2)3/h12H,5-6,9-11H2,1-4H3. The summed E-state index contributed by atoms with van der Waals surface area (Å²) in [6, 6.07) is 0. The zero-order valence-corrected chi connectivity index (χ0v) is 11.4. The van der Waals surface area contributed by atoms with Crippen LogP contribution < -0.4 is 0 Å². The van der Waals surface area contributed by atoms with Crippen molar-refractivity contribution in [2.24, 2.45) is 5.92 Å². The fraction of sp³-hybridized carbons (Fsp3) is 0.714. The number of amides is 1. The van der Waals surface area contributed by atoms with E-state index in [-0.39, 0.29) is 11.7 Å². The molecule has 0 aliphatic heterocycles. The van der Waals surface area contributed by atoms with E-state index in [0.29, 0.717) is 38.1 Å². The van der Waals surface area contributed by atoms with Gasteiger partial charge in [-0.25, -0.2) is 0 Å². The molecule has 0 aromatic carbocycles. The lowest BCUT2D eigenvalue weighted by Gasteiger charge is -2.13. The Morgan fingerprint density at radius 1 is 1.24 bits per heavy atom. The Balaban J connectivity index is 3.83. The molecule has 0 saturated carbocycles. The van der Waals surface area contributed by atoms with Crippen LogP contribution in [-0.4, -0.2) is 30.2 Å². The quantitative estimate of drug-likeness (QED) is 0.664. The van der Waals surface area contributed by atoms with Crippen LogP contribution in [0.3, 0.4) is 0 Å². The Labute approximate surface area is 105 Å². The summed E-state index contributed by atoms with van der Waals surface area (Å²) in [5.74, 6) is 6.60. The van der Waals surface area contributed by atoms with Crippen LogP contribution in [0.1, 0.15) is 46.5 Å². The fourth-order valence-corrected chi connectivity index (χ4v) is 1.26. The van der Waals surface area contributed by atoms with Crippen molar-refractivity contribution in [1.82, 2.24) is 4.90 Å². The van der Waals surface area contributed by atoms with Gasteiger partial charge in [-0.2, -0.15) is 0 Å². The van der Waals surface area contributed by atoms with E-state index in [1.165, 1.54) is 0 Å². The highest BCUT2D eigenvalue weighted by molar-refractivity contribution is 5.80. The number of hydrogen-bond donors (Lipinski definition) is 0. The van der Waals surface area contributed by atoms with Crippen molar-refractivity contribution in [2.75, 3.05) is 13.6 Å². The van der Waals surface area contributed by atoms with Crippen LogP contribution in [0.5, 0.6) is 0 Å². The van der Waals surface area contributed by atoms with Gasteiger partial charge >= 0.3 is 0 Å².